The summed E-state index contributed by atoms with van der Waals surface area (Å²) in [7, 11) is -4.28. The average molecular weight is 302 g/mol. The highest BCUT2D eigenvalue weighted by Gasteiger charge is 2.22. The van der Waals surface area contributed by atoms with Crippen LogP contribution in [-0.4, -0.2) is 24.2 Å². The van der Waals surface area contributed by atoms with E-state index in [0.717, 1.165) is 0 Å². The Morgan fingerprint density at radius 3 is 1.75 bits per heavy atom. The van der Waals surface area contributed by atoms with E-state index in [4.69, 9.17) is 14.0 Å². The molecule has 0 fully saturated rings. The molecule has 0 amide bonds. The quantitative estimate of drug-likeness (QED) is 0.867. The Morgan fingerprint density at radius 2 is 1.35 bits per heavy atom. The smallest absolute Gasteiger partial charge is 0.294 e. The molecule has 0 saturated carbocycles. The van der Waals surface area contributed by atoms with Crippen molar-refractivity contribution in [2.45, 2.75) is 57.6 Å². The van der Waals surface area contributed by atoms with Crippen LogP contribution in [0.25, 0.3) is 0 Å². The first-order valence-corrected chi connectivity index (χ1v) is 7.71. The van der Waals surface area contributed by atoms with E-state index in [1.807, 2.05) is 41.5 Å². The normalized spacial score (nSPS) is 13.2. The van der Waals surface area contributed by atoms with Crippen molar-refractivity contribution in [2.24, 2.45) is 0 Å². The summed E-state index contributed by atoms with van der Waals surface area (Å²) in [5, 5.41) is 0. The maximum atomic E-state index is 11.2. The lowest BCUT2D eigenvalue weighted by molar-refractivity contribution is 0.0954. The zero-order chi connectivity index (χ0) is 15.8. The molecule has 5 nitrogen and oxygen atoms in total. The predicted molar refractivity (Wildman–Crippen MR) is 77.0 cm³/mol. The zero-order valence-corrected chi connectivity index (χ0v) is 13.5. The highest BCUT2D eigenvalue weighted by molar-refractivity contribution is 7.85. The minimum absolute atomic E-state index is 0.224. The van der Waals surface area contributed by atoms with Crippen LogP contribution in [-0.2, 0) is 10.1 Å². The summed E-state index contributed by atoms with van der Waals surface area (Å²) in [5.41, 5.74) is -0.969. The Balaban J connectivity index is 3.31. The fourth-order valence-electron chi connectivity index (χ4n) is 1.47. The van der Waals surface area contributed by atoms with E-state index < -0.39 is 21.3 Å². The summed E-state index contributed by atoms with van der Waals surface area (Å²) in [4.78, 5) is -0.224. The molecular weight excluding hydrogens is 280 g/mol. The fraction of sp³-hybridized carbons (Fsp3) is 0.571. The van der Waals surface area contributed by atoms with Crippen molar-refractivity contribution in [3.63, 3.8) is 0 Å². The SMILES string of the molecule is CC(C)(C)Oc1ccc(S(=O)(=O)O)cc1OC(C)(C)C. The van der Waals surface area contributed by atoms with Crippen molar-refractivity contribution in [1.82, 2.24) is 0 Å². The summed E-state index contributed by atoms with van der Waals surface area (Å²) in [6.07, 6.45) is 0. The molecule has 20 heavy (non-hydrogen) atoms. The average Bonchev–Trinajstić information content (AvgIpc) is 2.14. The second kappa shape index (κ2) is 5.26. The number of benzene rings is 1. The van der Waals surface area contributed by atoms with E-state index in [1.165, 1.54) is 18.2 Å². The topological polar surface area (TPSA) is 72.8 Å². The molecule has 6 heteroatoms. The molecule has 0 unspecified atom stereocenters. The maximum absolute atomic E-state index is 11.2. The van der Waals surface area contributed by atoms with Crippen molar-refractivity contribution < 1.29 is 22.4 Å². The van der Waals surface area contributed by atoms with E-state index in [2.05, 4.69) is 0 Å². The molecule has 0 saturated heterocycles. The van der Waals surface area contributed by atoms with Crippen molar-refractivity contribution in [3.05, 3.63) is 18.2 Å². The van der Waals surface area contributed by atoms with Crippen LogP contribution in [0.5, 0.6) is 11.5 Å². The first-order chi connectivity index (χ1) is 8.78. The number of hydrogen-bond donors (Lipinski definition) is 1. The third-order valence-corrected chi connectivity index (χ3v) is 2.89. The highest BCUT2D eigenvalue weighted by Crippen LogP contribution is 2.34. The maximum Gasteiger partial charge on any atom is 0.294 e. The minimum atomic E-state index is -4.28. The summed E-state index contributed by atoms with van der Waals surface area (Å²) in [6, 6.07) is 4.03. The van der Waals surface area contributed by atoms with Gasteiger partial charge in [-0.3, -0.25) is 4.55 Å². The largest absolute Gasteiger partial charge is 0.484 e. The number of hydrogen-bond acceptors (Lipinski definition) is 4. The molecule has 1 N–H and O–H groups in total. The molecule has 0 aliphatic rings. The van der Waals surface area contributed by atoms with Gasteiger partial charge in [0.25, 0.3) is 10.1 Å². The Bertz CT molecular complexity index is 577. The van der Waals surface area contributed by atoms with Gasteiger partial charge in [0.1, 0.15) is 11.2 Å². The standard InChI is InChI=1S/C14H22O5S/c1-13(2,3)18-11-8-7-10(20(15,16)17)9-12(11)19-14(4,5)6/h7-9H,1-6H3,(H,15,16,17). The van der Waals surface area contributed by atoms with Gasteiger partial charge in [-0.25, -0.2) is 0 Å². The number of ether oxygens (including phenoxy) is 2. The van der Waals surface area contributed by atoms with Crippen LogP contribution in [0.4, 0.5) is 0 Å². The van der Waals surface area contributed by atoms with Gasteiger partial charge in [-0.1, -0.05) is 0 Å². The monoisotopic (exact) mass is 302 g/mol. The number of rotatable bonds is 3. The first kappa shape index (κ1) is 16.8. The Kier molecular flexibility index (Phi) is 4.41. The lowest BCUT2D eigenvalue weighted by Gasteiger charge is -2.27. The lowest BCUT2D eigenvalue weighted by Crippen LogP contribution is -2.26. The molecule has 114 valence electrons. The third-order valence-electron chi connectivity index (χ3n) is 2.05. The van der Waals surface area contributed by atoms with Gasteiger partial charge in [-0.15, -0.1) is 0 Å². The van der Waals surface area contributed by atoms with Crippen LogP contribution < -0.4 is 9.47 Å². The highest BCUT2D eigenvalue weighted by atomic mass is 32.2. The van der Waals surface area contributed by atoms with Crippen LogP contribution in [0.3, 0.4) is 0 Å². The Labute approximate surface area is 120 Å². The fourth-order valence-corrected chi connectivity index (χ4v) is 1.97. The van der Waals surface area contributed by atoms with Crippen LogP contribution in [0, 0.1) is 0 Å². The van der Waals surface area contributed by atoms with Gasteiger partial charge in [0.15, 0.2) is 11.5 Å². The molecule has 0 aliphatic carbocycles. The molecule has 0 heterocycles. The van der Waals surface area contributed by atoms with Crippen LogP contribution in [0.15, 0.2) is 23.1 Å². The van der Waals surface area contributed by atoms with E-state index in [9.17, 15) is 8.42 Å². The van der Waals surface area contributed by atoms with E-state index in [1.54, 1.807) is 0 Å². The van der Waals surface area contributed by atoms with Gasteiger partial charge < -0.3 is 9.47 Å². The van der Waals surface area contributed by atoms with Gasteiger partial charge in [0, 0.05) is 6.07 Å². The van der Waals surface area contributed by atoms with Gasteiger partial charge in [-0.2, -0.15) is 8.42 Å². The predicted octanol–water partition coefficient (Wildman–Crippen LogP) is 3.29. The molecule has 0 aliphatic heterocycles. The molecule has 0 radical (unpaired) electrons. The molecule has 0 bridgehead atoms. The first-order valence-electron chi connectivity index (χ1n) is 6.27. The summed E-state index contributed by atoms with van der Waals surface area (Å²) >= 11 is 0. The van der Waals surface area contributed by atoms with E-state index >= 15 is 0 Å². The summed E-state index contributed by atoms with van der Waals surface area (Å²) in [6.45, 7) is 11.2. The van der Waals surface area contributed by atoms with E-state index in [-0.39, 0.29) is 10.6 Å². The van der Waals surface area contributed by atoms with Gasteiger partial charge >= 0.3 is 0 Å². The lowest BCUT2D eigenvalue weighted by atomic mass is 10.1. The molecule has 1 aromatic carbocycles. The molecule has 0 spiro atoms. The Morgan fingerprint density at radius 1 is 0.900 bits per heavy atom. The van der Waals surface area contributed by atoms with Crippen molar-refractivity contribution in [2.75, 3.05) is 0 Å². The second-order valence-corrected chi connectivity index (χ2v) is 7.93. The zero-order valence-electron chi connectivity index (χ0n) is 12.7. The second-order valence-electron chi connectivity index (χ2n) is 6.51. The van der Waals surface area contributed by atoms with Gasteiger partial charge in [-0.05, 0) is 53.7 Å². The molecule has 1 aromatic rings. The van der Waals surface area contributed by atoms with Crippen molar-refractivity contribution in [3.8, 4) is 11.5 Å². The van der Waals surface area contributed by atoms with Gasteiger partial charge in [0.2, 0.25) is 0 Å². The summed E-state index contributed by atoms with van der Waals surface area (Å²) in [5.74, 6) is 0.711. The molecule has 0 atom stereocenters. The molecule has 0 aromatic heterocycles. The van der Waals surface area contributed by atoms with Crippen LogP contribution >= 0.6 is 0 Å². The van der Waals surface area contributed by atoms with E-state index in [0.29, 0.717) is 5.75 Å². The van der Waals surface area contributed by atoms with Crippen molar-refractivity contribution in [1.29, 1.82) is 0 Å². The third kappa shape index (κ3) is 5.38. The van der Waals surface area contributed by atoms with Gasteiger partial charge in [0.05, 0.1) is 4.90 Å². The molecular formula is C14H22O5S. The molecule has 1 rings (SSSR count). The van der Waals surface area contributed by atoms with Crippen molar-refractivity contribution >= 4 is 10.1 Å². The van der Waals surface area contributed by atoms with Crippen LogP contribution in [0.2, 0.25) is 0 Å². The van der Waals surface area contributed by atoms with Crippen LogP contribution in [0.1, 0.15) is 41.5 Å². The Hall–Kier alpha value is -1.27. The minimum Gasteiger partial charge on any atom is -0.484 e. The summed E-state index contributed by atoms with van der Waals surface area (Å²) < 4.78 is 43.0.